The molecule has 2 aromatic rings. The Balaban J connectivity index is 2.43. The maximum Gasteiger partial charge on any atom is 0.254 e. The second-order valence-corrected chi connectivity index (χ2v) is 5.48. The van der Waals surface area contributed by atoms with Gasteiger partial charge in [0.1, 0.15) is 5.75 Å². The average molecular weight is 304 g/mol. The third kappa shape index (κ3) is 3.36. The lowest BCUT2D eigenvalue weighted by Crippen LogP contribution is -2.24. The molecule has 0 radical (unpaired) electrons. The van der Waals surface area contributed by atoms with Crippen LogP contribution in [-0.4, -0.2) is 19.1 Å². The molecule has 5 heteroatoms. The summed E-state index contributed by atoms with van der Waals surface area (Å²) in [7, 11) is 0. The van der Waals surface area contributed by atoms with Crippen LogP contribution in [0.4, 0.5) is 5.00 Å². The number of ether oxygens (including phenoxy) is 1. The highest BCUT2D eigenvalue weighted by Gasteiger charge is 2.20. The van der Waals surface area contributed by atoms with Crippen molar-refractivity contribution < 1.29 is 9.53 Å². The lowest BCUT2D eigenvalue weighted by atomic mass is 10.0. The number of benzene rings is 1. The summed E-state index contributed by atoms with van der Waals surface area (Å²) in [6.45, 7) is 5.17. The monoisotopic (exact) mass is 304 g/mol. The summed E-state index contributed by atoms with van der Waals surface area (Å²) in [5.41, 5.74) is 8.26. The van der Waals surface area contributed by atoms with E-state index in [-0.39, 0.29) is 5.91 Å². The molecule has 0 aliphatic heterocycles. The highest BCUT2D eigenvalue weighted by atomic mass is 32.1. The van der Waals surface area contributed by atoms with Crippen LogP contribution in [0.25, 0.3) is 11.1 Å². The Morgan fingerprint density at radius 2 is 2.05 bits per heavy atom. The largest absolute Gasteiger partial charge is 0.493 e. The first-order valence-electron chi connectivity index (χ1n) is 7.06. The van der Waals surface area contributed by atoms with Gasteiger partial charge in [-0.1, -0.05) is 25.1 Å². The summed E-state index contributed by atoms with van der Waals surface area (Å²) in [6.07, 6.45) is 0.890. The molecule has 1 heterocycles. The van der Waals surface area contributed by atoms with Crippen molar-refractivity contribution in [3.05, 3.63) is 35.2 Å². The van der Waals surface area contributed by atoms with Crippen LogP contribution in [0, 0.1) is 0 Å². The van der Waals surface area contributed by atoms with Gasteiger partial charge in [0.05, 0.1) is 17.2 Å². The van der Waals surface area contributed by atoms with E-state index in [1.165, 1.54) is 11.3 Å². The Labute approximate surface area is 128 Å². The minimum Gasteiger partial charge on any atom is -0.493 e. The van der Waals surface area contributed by atoms with Gasteiger partial charge in [0, 0.05) is 23.1 Å². The molecular weight excluding hydrogens is 284 g/mol. The van der Waals surface area contributed by atoms with Crippen LogP contribution in [0.1, 0.15) is 30.6 Å². The maximum atomic E-state index is 12.3. The molecule has 4 nitrogen and oxygen atoms in total. The molecule has 1 aromatic carbocycles. The van der Waals surface area contributed by atoms with Crippen molar-refractivity contribution in [1.29, 1.82) is 0 Å². The van der Waals surface area contributed by atoms with Gasteiger partial charge in [-0.3, -0.25) is 4.79 Å². The van der Waals surface area contributed by atoms with Crippen LogP contribution in [0.2, 0.25) is 0 Å². The van der Waals surface area contributed by atoms with Gasteiger partial charge >= 0.3 is 0 Å². The number of hydrogen-bond acceptors (Lipinski definition) is 4. The number of carbonyl (C=O) groups is 1. The van der Waals surface area contributed by atoms with Crippen molar-refractivity contribution in [3.8, 4) is 16.9 Å². The Morgan fingerprint density at radius 3 is 2.76 bits per heavy atom. The minimum atomic E-state index is -0.128. The lowest BCUT2D eigenvalue weighted by Gasteiger charge is -2.11. The fraction of sp³-hybridized carbons (Fsp3) is 0.312. The van der Waals surface area contributed by atoms with E-state index in [4.69, 9.17) is 10.5 Å². The Kier molecular flexibility index (Phi) is 5.22. The van der Waals surface area contributed by atoms with Gasteiger partial charge < -0.3 is 15.8 Å². The number of hydrogen-bond donors (Lipinski definition) is 2. The van der Waals surface area contributed by atoms with Crippen molar-refractivity contribution in [3.63, 3.8) is 0 Å². The number of rotatable bonds is 6. The zero-order valence-electron chi connectivity index (χ0n) is 12.3. The molecule has 0 aliphatic rings. The minimum absolute atomic E-state index is 0.128. The molecule has 1 amide bonds. The van der Waals surface area contributed by atoms with E-state index in [9.17, 15) is 4.79 Å². The number of thiophene rings is 1. The zero-order chi connectivity index (χ0) is 15.2. The van der Waals surface area contributed by atoms with E-state index >= 15 is 0 Å². The number of carbonyl (C=O) groups excluding carboxylic acids is 1. The number of amides is 1. The van der Waals surface area contributed by atoms with Gasteiger partial charge in [0.25, 0.3) is 5.91 Å². The van der Waals surface area contributed by atoms with E-state index in [1.54, 1.807) is 0 Å². The predicted molar refractivity (Wildman–Crippen MR) is 88.0 cm³/mol. The predicted octanol–water partition coefficient (Wildman–Crippen LogP) is 3.54. The molecule has 0 saturated carbocycles. The highest BCUT2D eigenvalue weighted by Crippen LogP contribution is 2.38. The first kappa shape index (κ1) is 15.4. The molecule has 112 valence electrons. The topological polar surface area (TPSA) is 64.3 Å². The van der Waals surface area contributed by atoms with Crippen molar-refractivity contribution in [1.82, 2.24) is 5.32 Å². The Morgan fingerprint density at radius 1 is 1.29 bits per heavy atom. The standard InChI is InChI=1S/C16H20N2O2S/c1-3-9-18-16(19)14-12(10-21-15(14)17)11-7-5-6-8-13(11)20-4-2/h5-8,10H,3-4,9,17H2,1-2H3,(H,18,19). The van der Waals surface area contributed by atoms with Gasteiger partial charge in [-0.15, -0.1) is 11.3 Å². The smallest absolute Gasteiger partial charge is 0.254 e. The van der Waals surface area contributed by atoms with Gasteiger partial charge in [0.15, 0.2) is 0 Å². The van der Waals surface area contributed by atoms with E-state index < -0.39 is 0 Å². The summed E-state index contributed by atoms with van der Waals surface area (Å²) in [5, 5.41) is 5.33. The van der Waals surface area contributed by atoms with Crippen molar-refractivity contribution in [2.24, 2.45) is 0 Å². The van der Waals surface area contributed by atoms with Crippen LogP contribution in [0.15, 0.2) is 29.6 Å². The lowest BCUT2D eigenvalue weighted by molar-refractivity contribution is 0.0955. The highest BCUT2D eigenvalue weighted by molar-refractivity contribution is 7.15. The number of para-hydroxylation sites is 1. The van der Waals surface area contributed by atoms with Crippen molar-refractivity contribution in [2.45, 2.75) is 20.3 Å². The molecule has 0 unspecified atom stereocenters. The quantitative estimate of drug-likeness (QED) is 0.858. The van der Waals surface area contributed by atoms with Crippen molar-refractivity contribution >= 4 is 22.2 Å². The first-order chi connectivity index (χ1) is 10.2. The number of nitrogens with one attached hydrogen (secondary N) is 1. The first-order valence-corrected chi connectivity index (χ1v) is 7.94. The molecule has 3 N–H and O–H groups in total. The van der Waals surface area contributed by atoms with Crippen LogP contribution in [0.3, 0.4) is 0 Å². The van der Waals surface area contributed by atoms with Gasteiger partial charge in [0.2, 0.25) is 0 Å². The number of anilines is 1. The van der Waals surface area contributed by atoms with E-state index in [0.29, 0.717) is 23.7 Å². The molecule has 21 heavy (non-hydrogen) atoms. The number of nitrogen functional groups attached to an aromatic ring is 1. The number of nitrogens with two attached hydrogens (primary N) is 1. The third-order valence-corrected chi connectivity index (χ3v) is 3.87. The van der Waals surface area contributed by atoms with Crippen LogP contribution < -0.4 is 15.8 Å². The second-order valence-electron chi connectivity index (χ2n) is 4.57. The molecule has 2 rings (SSSR count). The second kappa shape index (κ2) is 7.13. The SMILES string of the molecule is CCCNC(=O)c1c(-c2ccccc2OCC)csc1N. The normalized spacial score (nSPS) is 10.4. The molecule has 0 bridgehead atoms. The maximum absolute atomic E-state index is 12.3. The van der Waals surface area contributed by atoms with E-state index in [2.05, 4.69) is 5.32 Å². The summed E-state index contributed by atoms with van der Waals surface area (Å²) in [4.78, 5) is 12.3. The van der Waals surface area contributed by atoms with Crippen LogP contribution in [-0.2, 0) is 0 Å². The van der Waals surface area contributed by atoms with E-state index in [0.717, 1.165) is 23.3 Å². The molecule has 0 saturated heterocycles. The molecule has 0 spiro atoms. The fourth-order valence-electron chi connectivity index (χ4n) is 2.10. The Bertz CT molecular complexity index is 622. The molecule has 1 aromatic heterocycles. The molecule has 0 aliphatic carbocycles. The summed E-state index contributed by atoms with van der Waals surface area (Å²) >= 11 is 1.38. The Hall–Kier alpha value is -2.01. The van der Waals surface area contributed by atoms with Crippen molar-refractivity contribution in [2.75, 3.05) is 18.9 Å². The van der Waals surface area contributed by atoms with Crippen LogP contribution in [0.5, 0.6) is 5.75 Å². The van der Waals surface area contributed by atoms with Gasteiger partial charge in [-0.25, -0.2) is 0 Å². The third-order valence-electron chi connectivity index (χ3n) is 3.06. The zero-order valence-corrected chi connectivity index (χ0v) is 13.1. The fourth-order valence-corrected chi connectivity index (χ4v) is 2.91. The molecule has 0 atom stereocenters. The summed E-state index contributed by atoms with van der Waals surface area (Å²) in [5.74, 6) is 0.638. The van der Waals surface area contributed by atoms with Crippen LogP contribution >= 0.6 is 11.3 Å². The van der Waals surface area contributed by atoms with E-state index in [1.807, 2.05) is 43.5 Å². The summed E-state index contributed by atoms with van der Waals surface area (Å²) < 4.78 is 5.65. The molecule has 0 fully saturated rings. The summed E-state index contributed by atoms with van der Waals surface area (Å²) in [6, 6.07) is 7.70. The van der Waals surface area contributed by atoms with Gasteiger partial charge in [-0.2, -0.15) is 0 Å². The van der Waals surface area contributed by atoms with Gasteiger partial charge in [-0.05, 0) is 19.4 Å². The molecular formula is C16H20N2O2S. The average Bonchev–Trinajstić information content (AvgIpc) is 2.87.